The van der Waals surface area contributed by atoms with E-state index in [2.05, 4.69) is 10.3 Å². The number of hydrogen-bond acceptors (Lipinski definition) is 7. The highest BCUT2D eigenvalue weighted by Gasteiger charge is 2.16. The Hall–Kier alpha value is -4.11. The van der Waals surface area contributed by atoms with E-state index in [9.17, 15) is 9.59 Å². The topological polar surface area (TPSA) is 103 Å². The number of nitrogens with zero attached hydrogens (tertiary/aromatic N) is 3. The number of thioether (sulfide) groups is 1. The maximum Gasteiger partial charge on any atom is 0.262 e. The SMILES string of the molecule is O=C(NCc1ccco1)c1ccc2c(=O)n(Cc3ccco3)c(SCc3cccnc3)nc2c1. The molecule has 1 N–H and O–H groups in total. The molecule has 0 radical (unpaired) electrons. The molecule has 0 spiro atoms. The Labute approximate surface area is 198 Å². The summed E-state index contributed by atoms with van der Waals surface area (Å²) in [5, 5.41) is 3.78. The lowest BCUT2D eigenvalue weighted by Gasteiger charge is -2.13. The molecule has 4 heterocycles. The third-order valence-corrected chi connectivity index (χ3v) is 6.22. The van der Waals surface area contributed by atoms with E-state index in [1.54, 1.807) is 65.9 Å². The number of rotatable bonds is 8. The number of amides is 1. The highest BCUT2D eigenvalue weighted by molar-refractivity contribution is 7.98. The molecule has 8 nitrogen and oxygen atoms in total. The zero-order chi connectivity index (χ0) is 23.3. The highest BCUT2D eigenvalue weighted by atomic mass is 32.2. The van der Waals surface area contributed by atoms with Crippen LogP contribution in [0.2, 0.25) is 0 Å². The van der Waals surface area contributed by atoms with E-state index in [1.807, 2.05) is 18.2 Å². The predicted molar refractivity (Wildman–Crippen MR) is 127 cm³/mol. The molecule has 5 aromatic rings. The first kappa shape index (κ1) is 21.7. The van der Waals surface area contributed by atoms with Crippen LogP contribution in [0.5, 0.6) is 0 Å². The predicted octanol–water partition coefficient (Wildman–Crippen LogP) is 4.25. The third-order valence-electron chi connectivity index (χ3n) is 5.17. The Balaban J connectivity index is 1.48. The van der Waals surface area contributed by atoms with Gasteiger partial charge in [0, 0.05) is 23.7 Å². The van der Waals surface area contributed by atoms with Crippen LogP contribution in [0.3, 0.4) is 0 Å². The first-order valence-electron chi connectivity index (χ1n) is 10.6. The van der Waals surface area contributed by atoms with Gasteiger partial charge in [0.15, 0.2) is 5.16 Å². The molecular formula is C25H20N4O4S. The molecule has 0 aliphatic rings. The van der Waals surface area contributed by atoms with Crippen LogP contribution in [0.4, 0.5) is 0 Å². The van der Waals surface area contributed by atoms with Gasteiger partial charge in [-0.15, -0.1) is 0 Å². The lowest BCUT2D eigenvalue weighted by Crippen LogP contribution is -2.25. The van der Waals surface area contributed by atoms with Crippen molar-refractivity contribution in [3.63, 3.8) is 0 Å². The van der Waals surface area contributed by atoms with Crippen LogP contribution in [0, 0.1) is 0 Å². The molecule has 0 fully saturated rings. The molecule has 0 saturated carbocycles. The lowest BCUT2D eigenvalue weighted by molar-refractivity contribution is 0.0948. The van der Waals surface area contributed by atoms with Crippen molar-refractivity contribution < 1.29 is 13.6 Å². The van der Waals surface area contributed by atoms with Gasteiger partial charge in [0.25, 0.3) is 11.5 Å². The third kappa shape index (κ3) is 4.79. The first-order valence-corrected chi connectivity index (χ1v) is 11.6. The smallest absolute Gasteiger partial charge is 0.262 e. The van der Waals surface area contributed by atoms with Gasteiger partial charge >= 0.3 is 0 Å². The zero-order valence-electron chi connectivity index (χ0n) is 18.0. The second-order valence-corrected chi connectivity index (χ2v) is 8.45. The molecule has 34 heavy (non-hydrogen) atoms. The van der Waals surface area contributed by atoms with Crippen LogP contribution in [-0.2, 0) is 18.8 Å². The minimum atomic E-state index is -0.274. The molecule has 9 heteroatoms. The summed E-state index contributed by atoms with van der Waals surface area (Å²) in [4.78, 5) is 34.9. The van der Waals surface area contributed by atoms with Crippen LogP contribution >= 0.6 is 11.8 Å². The molecular weight excluding hydrogens is 452 g/mol. The van der Waals surface area contributed by atoms with Gasteiger partial charge < -0.3 is 14.2 Å². The number of furan rings is 2. The van der Waals surface area contributed by atoms with Crippen LogP contribution in [-0.4, -0.2) is 20.4 Å². The van der Waals surface area contributed by atoms with E-state index >= 15 is 0 Å². The summed E-state index contributed by atoms with van der Waals surface area (Å²) in [6, 6.07) is 15.9. The number of benzene rings is 1. The van der Waals surface area contributed by atoms with Gasteiger partial charge in [-0.05, 0) is 54.1 Å². The van der Waals surface area contributed by atoms with E-state index < -0.39 is 0 Å². The summed E-state index contributed by atoms with van der Waals surface area (Å²) in [5.74, 6) is 1.62. The second-order valence-electron chi connectivity index (χ2n) is 7.51. The Bertz CT molecular complexity index is 1460. The molecule has 0 unspecified atom stereocenters. The Morgan fingerprint density at radius 3 is 2.59 bits per heavy atom. The van der Waals surface area contributed by atoms with Crippen molar-refractivity contribution in [1.29, 1.82) is 0 Å². The summed E-state index contributed by atoms with van der Waals surface area (Å²) in [7, 11) is 0. The van der Waals surface area contributed by atoms with Gasteiger partial charge in [0.1, 0.15) is 11.5 Å². The van der Waals surface area contributed by atoms with E-state index in [0.29, 0.717) is 38.9 Å². The molecule has 1 aromatic carbocycles. The van der Waals surface area contributed by atoms with Crippen molar-refractivity contribution in [3.05, 3.63) is 113 Å². The molecule has 4 aromatic heterocycles. The highest BCUT2D eigenvalue weighted by Crippen LogP contribution is 2.23. The maximum atomic E-state index is 13.4. The van der Waals surface area contributed by atoms with E-state index in [1.165, 1.54) is 11.8 Å². The van der Waals surface area contributed by atoms with Crippen LogP contribution in [0.25, 0.3) is 10.9 Å². The minimum absolute atomic E-state index is 0.197. The van der Waals surface area contributed by atoms with Gasteiger partial charge in [-0.2, -0.15) is 0 Å². The van der Waals surface area contributed by atoms with Gasteiger partial charge in [0.2, 0.25) is 0 Å². The maximum absolute atomic E-state index is 13.4. The molecule has 0 aliphatic heterocycles. The van der Waals surface area contributed by atoms with Crippen molar-refractivity contribution in [2.75, 3.05) is 0 Å². The standard InChI is InChI=1S/C25H20N4O4S/c30-23(27-14-19-5-2-10-32-19)18-7-8-21-22(12-18)28-25(34-16-17-4-1-9-26-13-17)29(24(21)31)15-20-6-3-11-33-20/h1-13H,14-16H2,(H,27,30). The second kappa shape index (κ2) is 9.80. The number of carbonyl (C=O) groups is 1. The average Bonchev–Trinajstić information content (AvgIpc) is 3.58. The Morgan fingerprint density at radius 1 is 1.03 bits per heavy atom. The number of hydrogen-bond donors (Lipinski definition) is 1. The lowest BCUT2D eigenvalue weighted by atomic mass is 10.1. The Morgan fingerprint density at radius 2 is 1.85 bits per heavy atom. The molecule has 0 saturated heterocycles. The van der Waals surface area contributed by atoms with E-state index in [-0.39, 0.29) is 24.6 Å². The quantitative estimate of drug-likeness (QED) is 0.266. The average molecular weight is 473 g/mol. The van der Waals surface area contributed by atoms with Crippen molar-refractivity contribution >= 4 is 28.6 Å². The van der Waals surface area contributed by atoms with Crippen molar-refractivity contribution in [1.82, 2.24) is 19.9 Å². The molecule has 1 amide bonds. The fourth-order valence-electron chi connectivity index (χ4n) is 3.46. The largest absolute Gasteiger partial charge is 0.467 e. The fraction of sp³-hybridized carbons (Fsp3) is 0.120. The molecule has 0 atom stereocenters. The minimum Gasteiger partial charge on any atom is -0.467 e. The van der Waals surface area contributed by atoms with Gasteiger partial charge in [0.05, 0.1) is 36.5 Å². The summed E-state index contributed by atoms with van der Waals surface area (Å²) >= 11 is 1.43. The normalized spacial score (nSPS) is 11.1. The number of nitrogens with one attached hydrogen (secondary N) is 1. The van der Waals surface area contributed by atoms with Gasteiger partial charge in [-0.1, -0.05) is 17.8 Å². The van der Waals surface area contributed by atoms with Crippen LogP contribution in [0.1, 0.15) is 27.4 Å². The number of aromatic nitrogens is 3. The molecule has 0 aliphatic carbocycles. The number of carbonyl (C=O) groups excluding carboxylic acids is 1. The molecule has 5 rings (SSSR count). The summed E-state index contributed by atoms with van der Waals surface area (Å²) in [6.45, 7) is 0.532. The van der Waals surface area contributed by atoms with Crippen LogP contribution < -0.4 is 10.9 Å². The monoisotopic (exact) mass is 472 g/mol. The van der Waals surface area contributed by atoms with Crippen molar-refractivity contribution in [2.24, 2.45) is 0 Å². The van der Waals surface area contributed by atoms with Crippen molar-refractivity contribution in [2.45, 2.75) is 24.0 Å². The zero-order valence-corrected chi connectivity index (χ0v) is 18.8. The number of pyridine rings is 1. The van der Waals surface area contributed by atoms with Crippen molar-refractivity contribution in [3.8, 4) is 0 Å². The summed E-state index contributed by atoms with van der Waals surface area (Å²) in [6.07, 6.45) is 6.63. The summed E-state index contributed by atoms with van der Waals surface area (Å²) in [5.41, 5.74) is 1.69. The van der Waals surface area contributed by atoms with Crippen LogP contribution in [0.15, 0.2) is 98.3 Å². The Kier molecular flexibility index (Phi) is 6.26. The fourth-order valence-corrected chi connectivity index (χ4v) is 4.40. The summed E-state index contributed by atoms with van der Waals surface area (Å²) < 4.78 is 12.3. The molecule has 170 valence electrons. The van der Waals surface area contributed by atoms with Gasteiger partial charge in [-0.3, -0.25) is 19.1 Å². The molecule has 0 bridgehead atoms. The number of fused-ring (bicyclic) bond motifs is 1. The van der Waals surface area contributed by atoms with Gasteiger partial charge in [-0.25, -0.2) is 4.98 Å². The van der Waals surface area contributed by atoms with E-state index in [0.717, 1.165) is 5.56 Å². The first-order chi connectivity index (χ1) is 16.7. The van der Waals surface area contributed by atoms with E-state index in [4.69, 9.17) is 13.8 Å².